The van der Waals surface area contributed by atoms with Gasteiger partial charge in [-0.1, -0.05) is 18.2 Å². The first kappa shape index (κ1) is 19.5. The van der Waals surface area contributed by atoms with Gasteiger partial charge in [-0.3, -0.25) is 9.78 Å². The van der Waals surface area contributed by atoms with Gasteiger partial charge in [-0.25, -0.2) is 0 Å². The van der Waals surface area contributed by atoms with Crippen LogP contribution in [0.5, 0.6) is 11.5 Å². The first-order chi connectivity index (χ1) is 14.3. The van der Waals surface area contributed by atoms with E-state index in [9.17, 15) is 4.79 Å². The lowest BCUT2D eigenvalue weighted by molar-refractivity contribution is -0.130. The maximum atomic E-state index is 13.6. The monoisotopic (exact) mass is 393 g/mol. The van der Waals surface area contributed by atoms with E-state index in [-0.39, 0.29) is 18.6 Å². The lowest BCUT2D eigenvalue weighted by Gasteiger charge is -2.32. The van der Waals surface area contributed by atoms with Gasteiger partial charge in [0.1, 0.15) is 6.61 Å². The minimum atomic E-state index is 0.0241. The number of nitrogens with one attached hydrogen (secondary N) is 1. The van der Waals surface area contributed by atoms with Crippen LogP contribution in [-0.2, 0) is 11.3 Å². The third-order valence-electron chi connectivity index (χ3n) is 5.51. The van der Waals surface area contributed by atoms with Crippen molar-refractivity contribution < 1.29 is 14.3 Å². The number of aromatic nitrogens is 1. The molecule has 1 fully saturated rings. The first-order valence-corrected chi connectivity index (χ1v) is 10.2. The van der Waals surface area contributed by atoms with E-state index in [4.69, 9.17) is 9.47 Å². The Hall–Kier alpha value is -2.86. The molecule has 3 heterocycles. The van der Waals surface area contributed by atoms with Crippen molar-refractivity contribution in [3.8, 4) is 11.5 Å². The van der Waals surface area contributed by atoms with Crippen molar-refractivity contribution in [2.24, 2.45) is 0 Å². The zero-order valence-electron chi connectivity index (χ0n) is 16.8. The summed E-state index contributed by atoms with van der Waals surface area (Å²) >= 11 is 0. The van der Waals surface area contributed by atoms with E-state index in [2.05, 4.69) is 10.3 Å². The van der Waals surface area contributed by atoms with Crippen molar-refractivity contribution in [2.45, 2.75) is 31.8 Å². The van der Waals surface area contributed by atoms with Crippen molar-refractivity contribution in [3.63, 3.8) is 0 Å². The molecule has 0 saturated carbocycles. The number of amides is 1. The lowest BCUT2D eigenvalue weighted by Crippen LogP contribution is -2.42. The van der Waals surface area contributed by atoms with Crippen LogP contribution in [0.4, 0.5) is 0 Å². The molecule has 2 aromatic rings. The zero-order valence-corrected chi connectivity index (χ0v) is 16.8. The summed E-state index contributed by atoms with van der Waals surface area (Å²) in [4.78, 5) is 20.0. The van der Waals surface area contributed by atoms with Crippen molar-refractivity contribution >= 4 is 12.0 Å². The van der Waals surface area contributed by atoms with E-state index < -0.39 is 0 Å². The molecule has 1 atom stereocenters. The second-order valence-corrected chi connectivity index (χ2v) is 7.43. The van der Waals surface area contributed by atoms with Crippen molar-refractivity contribution in [1.82, 2.24) is 15.2 Å². The van der Waals surface area contributed by atoms with E-state index in [1.54, 1.807) is 13.3 Å². The molecule has 6 heteroatoms. The molecule has 4 rings (SSSR count). The summed E-state index contributed by atoms with van der Waals surface area (Å²) in [6, 6.07) is 11.7. The van der Waals surface area contributed by atoms with E-state index in [1.165, 1.54) is 0 Å². The van der Waals surface area contributed by atoms with Gasteiger partial charge in [0.05, 0.1) is 24.9 Å². The van der Waals surface area contributed by atoms with Crippen LogP contribution in [0.2, 0.25) is 0 Å². The van der Waals surface area contributed by atoms with Crippen LogP contribution in [0.3, 0.4) is 0 Å². The molecule has 0 aliphatic carbocycles. The van der Waals surface area contributed by atoms with E-state index in [0.717, 1.165) is 43.6 Å². The third-order valence-corrected chi connectivity index (χ3v) is 5.51. The van der Waals surface area contributed by atoms with Crippen LogP contribution in [0.25, 0.3) is 6.08 Å². The minimum Gasteiger partial charge on any atom is -0.493 e. The highest BCUT2D eigenvalue weighted by Gasteiger charge is 2.29. The molecule has 0 radical (unpaired) electrons. The van der Waals surface area contributed by atoms with E-state index in [0.29, 0.717) is 23.6 Å². The summed E-state index contributed by atoms with van der Waals surface area (Å²) in [5.74, 6) is 1.41. The SMILES string of the molecule is COc1cccc2c1OCC(C(=O)N(Cc1ccccn1)C1CCCNCC1)=C2. The fourth-order valence-corrected chi connectivity index (χ4v) is 3.99. The Balaban J connectivity index is 1.62. The Labute approximate surface area is 171 Å². The molecule has 1 amide bonds. The average molecular weight is 393 g/mol. The van der Waals surface area contributed by atoms with Gasteiger partial charge in [0, 0.05) is 17.8 Å². The Bertz CT molecular complexity index is 874. The molecule has 1 aromatic heterocycles. The summed E-state index contributed by atoms with van der Waals surface area (Å²) in [6.45, 7) is 2.68. The largest absolute Gasteiger partial charge is 0.493 e. The first-order valence-electron chi connectivity index (χ1n) is 10.2. The topological polar surface area (TPSA) is 63.7 Å². The molecule has 0 spiro atoms. The Morgan fingerprint density at radius 2 is 2.17 bits per heavy atom. The standard InChI is InChI=1S/C23H27N3O3/c1-28-21-9-4-6-17-14-18(16-29-22(17)21)23(27)26(15-19-7-2-3-12-25-19)20-8-5-11-24-13-10-20/h2-4,6-7,9,12,14,20,24H,5,8,10-11,13,15-16H2,1H3. The van der Waals surface area contributed by atoms with Crippen LogP contribution in [-0.4, -0.2) is 48.6 Å². The van der Waals surface area contributed by atoms with Gasteiger partial charge in [-0.2, -0.15) is 0 Å². The molecule has 2 aliphatic heterocycles. The summed E-state index contributed by atoms with van der Waals surface area (Å²) in [6.07, 6.45) is 6.70. The number of fused-ring (bicyclic) bond motifs is 1. The highest BCUT2D eigenvalue weighted by atomic mass is 16.5. The van der Waals surface area contributed by atoms with Gasteiger partial charge < -0.3 is 19.7 Å². The second-order valence-electron chi connectivity index (χ2n) is 7.43. The molecular formula is C23H27N3O3. The van der Waals surface area contributed by atoms with Gasteiger partial charge in [0.15, 0.2) is 11.5 Å². The number of ether oxygens (including phenoxy) is 2. The van der Waals surface area contributed by atoms with Crippen LogP contribution in [0.1, 0.15) is 30.5 Å². The molecule has 1 N–H and O–H groups in total. The normalized spacial score (nSPS) is 18.7. The van der Waals surface area contributed by atoms with Crippen LogP contribution < -0.4 is 14.8 Å². The summed E-state index contributed by atoms with van der Waals surface area (Å²) in [7, 11) is 1.62. The second kappa shape index (κ2) is 9.09. The van der Waals surface area contributed by atoms with Crippen molar-refractivity contribution in [1.29, 1.82) is 0 Å². The molecule has 1 saturated heterocycles. The number of para-hydroxylation sites is 1. The number of hydrogen-bond acceptors (Lipinski definition) is 5. The molecule has 0 bridgehead atoms. The molecule has 1 unspecified atom stereocenters. The highest BCUT2D eigenvalue weighted by Crippen LogP contribution is 2.36. The lowest BCUT2D eigenvalue weighted by atomic mass is 10.0. The quantitative estimate of drug-likeness (QED) is 0.846. The number of rotatable bonds is 5. The Morgan fingerprint density at radius 3 is 3.00 bits per heavy atom. The van der Waals surface area contributed by atoms with Crippen LogP contribution >= 0.6 is 0 Å². The number of benzene rings is 1. The van der Waals surface area contributed by atoms with E-state index in [1.807, 2.05) is 47.4 Å². The smallest absolute Gasteiger partial charge is 0.253 e. The maximum absolute atomic E-state index is 13.6. The number of pyridine rings is 1. The predicted molar refractivity (Wildman–Crippen MR) is 112 cm³/mol. The number of carbonyl (C=O) groups excluding carboxylic acids is 1. The molecule has 152 valence electrons. The van der Waals surface area contributed by atoms with Crippen molar-refractivity contribution in [3.05, 3.63) is 59.4 Å². The summed E-state index contributed by atoms with van der Waals surface area (Å²) < 4.78 is 11.3. The Kier molecular flexibility index (Phi) is 6.10. The van der Waals surface area contributed by atoms with Crippen LogP contribution in [0, 0.1) is 0 Å². The van der Waals surface area contributed by atoms with Gasteiger partial charge >= 0.3 is 0 Å². The van der Waals surface area contributed by atoms with E-state index >= 15 is 0 Å². The minimum absolute atomic E-state index is 0.0241. The van der Waals surface area contributed by atoms with Crippen molar-refractivity contribution in [2.75, 3.05) is 26.8 Å². The number of carbonyl (C=O) groups is 1. The third kappa shape index (κ3) is 4.43. The zero-order chi connectivity index (χ0) is 20.1. The van der Waals surface area contributed by atoms with Gasteiger partial charge in [-0.15, -0.1) is 0 Å². The van der Waals surface area contributed by atoms with Gasteiger partial charge in [0.25, 0.3) is 5.91 Å². The van der Waals surface area contributed by atoms with Crippen LogP contribution in [0.15, 0.2) is 48.2 Å². The maximum Gasteiger partial charge on any atom is 0.253 e. The summed E-state index contributed by atoms with van der Waals surface area (Å²) in [5.41, 5.74) is 2.44. The highest BCUT2D eigenvalue weighted by molar-refractivity contribution is 5.99. The van der Waals surface area contributed by atoms with Gasteiger partial charge in [-0.05, 0) is 56.6 Å². The molecule has 29 heavy (non-hydrogen) atoms. The number of methoxy groups -OCH3 is 1. The molecular weight excluding hydrogens is 366 g/mol. The molecule has 2 aliphatic rings. The fraction of sp³-hybridized carbons (Fsp3) is 0.391. The number of hydrogen-bond donors (Lipinski definition) is 1. The molecule has 6 nitrogen and oxygen atoms in total. The predicted octanol–water partition coefficient (Wildman–Crippen LogP) is 3.04. The average Bonchev–Trinajstić information content (AvgIpc) is 3.06. The summed E-state index contributed by atoms with van der Waals surface area (Å²) in [5, 5.41) is 3.43. The van der Waals surface area contributed by atoms with Gasteiger partial charge in [0.2, 0.25) is 0 Å². The Morgan fingerprint density at radius 1 is 1.24 bits per heavy atom. The molecule has 1 aromatic carbocycles. The fourth-order valence-electron chi connectivity index (χ4n) is 3.99. The number of nitrogens with zero attached hydrogens (tertiary/aromatic N) is 2.